The van der Waals surface area contributed by atoms with Gasteiger partial charge in [0.15, 0.2) is 11.5 Å². The largest absolute Gasteiger partial charge is 0.469 e. The molecule has 2 N–H and O–H groups in total. The minimum absolute atomic E-state index is 0.163. The molecule has 0 aliphatic heterocycles. The molecule has 10 nitrogen and oxygen atoms in total. The maximum atomic E-state index is 13.1. The summed E-state index contributed by atoms with van der Waals surface area (Å²) < 4.78 is 10.5. The standard InChI is InChI=1S/C26H30ClN5O5/c1-5-6-23-31-21-12-11-20(13-22(21)37-23)29-17(3)30-26(35)32(15-16(2)24(33)36-4)25(34)28-14-18-7-9-19(27)10-8-18/h7-13,16H,5-6,14-15H2,1-4H3,(H,28,34)(H,29,30,35)/t16-/m0/s1. The van der Waals surface area contributed by atoms with Gasteiger partial charge in [-0.2, -0.15) is 0 Å². The zero-order valence-electron chi connectivity index (χ0n) is 21.2. The van der Waals surface area contributed by atoms with Gasteiger partial charge >= 0.3 is 18.0 Å². The molecule has 0 fully saturated rings. The van der Waals surface area contributed by atoms with Crippen LogP contribution in [0.3, 0.4) is 0 Å². The van der Waals surface area contributed by atoms with Crippen LogP contribution in [0.1, 0.15) is 38.6 Å². The van der Waals surface area contributed by atoms with Crippen molar-refractivity contribution in [3.05, 3.63) is 58.9 Å². The summed E-state index contributed by atoms with van der Waals surface area (Å²) >= 11 is 5.90. The number of esters is 1. The number of aliphatic imine (C=N–C) groups is 1. The van der Waals surface area contributed by atoms with Crippen LogP contribution in [0, 0.1) is 5.92 Å². The first kappa shape index (κ1) is 27.7. The fraction of sp³-hybridized carbons (Fsp3) is 0.346. The van der Waals surface area contributed by atoms with Crippen molar-refractivity contribution in [2.24, 2.45) is 10.9 Å². The van der Waals surface area contributed by atoms with Crippen molar-refractivity contribution in [3.8, 4) is 0 Å². The number of methoxy groups -OCH3 is 1. The third-order valence-electron chi connectivity index (χ3n) is 5.37. The van der Waals surface area contributed by atoms with Gasteiger partial charge in [-0.25, -0.2) is 24.5 Å². The van der Waals surface area contributed by atoms with E-state index >= 15 is 0 Å². The maximum absolute atomic E-state index is 13.1. The summed E-state index contributed by atoms with van der Waals surface area (Å²) in [5.41, 5.74) is 2.66. The number of aryl methyl sites for hydroxylation is 1. The lowest BCUT2D eigenvalue weighted by Crippen LogP contribution is -2.51. The van der Waals surface area contributed by atoms with Crippen LogP contribution in [0.5, 0.6) is 0 Å². The molecule has 37 heavy (non-hydrogen) atoms. The maximum Gasteiger partial charge on any atom is 0.330 e. The number of imide groups is 1. The first-order chi connectivity index (χ1) is 17.7. The third kappa shape index (κ3) is 7.78. The van der Waals surface area contributed by atoms with Crippen LogP contribution in [-0.2, 0) is 22.5 Å². The van der Waals surface area contributed by atoms with Gasteiger partial charge in [0.1, 0.15) is 11.4 Å². The number of carbonyl (C=O) groups excluding carboxylic acids is 3. The van der Waals surface area contributed by atoms with E-state index in [4.69, 9.17) is 20.8 Å². The Labute approximate surface area is 220 Å². The van der Waals surface area contributed by atoms with Gasteiger partial charge in [-0.15, -0.1) is 0 Å². The lowest BCUT2D eigenvalue weighted by molar-refractivity contribution is -0.144. The number of ether oxygens (including phenoxy) is 1. The molecule has 3 aromatic rings. The lowest BCUT2D eigenvalue weighted by Gasteiger charge is -2.24. The molecule has 0 unspecified atom stereocenters. The SMILES string of the molecule is CCCc1nc2ccc(N=C(C)NC(=O)N(C[C@H](C)C(=O)OC)C(=O)NCc3ccc(Cl)cc3)cc2o1. The number of hydrogen-bond donors (Lipinski definition) is 2. The number of aromatic nitrogens is 1. The van der Waals surface area contributed by atoms with Crippen molar-refractivity contribution in [2.75, 3.05) is 13.7 Å². The average molecular weight is 528 g/mol. The van der Waals surface area contributed by atoms with Crippen molar-refractivity contribution < 1.29 is 23.5 Å². The fourth-order valence-corrected chi connectivity index (χ4v) is 3.60. The van der Waals surface area contributed by atoms with Crippen LogP contribution < -0.4 is 10.6 Å². The molecule has 0 aliphatic carbocycles. The van der Waals surface area contributed by atoms with E-state index in [0.717, 1.165) is 28.8 Å². The van der Waals surface area contributed by atoms with E-state index in [1.807, 2.05) is 6.92 Å². The molecule has 1 aromatic heterocycles. The van der Waals surface area contributed by atoms with Crippen molar-refractivity contribution in [3.63, 3.8) is 0 Å². The summed E-state index contributed by atoms with van der Waals surface area (Å²) in [6.07, 6.45) is 1.66. The number of carbonyl (C=O) groups is 3. The summed E-state index contributed by atoms with van der Waals surface area (Å²) in [6.45, 7) is 5.18. The van der Waals surface area contributed by atoms with E-state index < -0.39 is 23.9 Å². The van der Waals surface area contributed by atoms with Crippen LogP contribution in [0.15, 0.2) is 51.9 Å². The highest BCUT2D eigenvalue weighted by Crippen LogP contribution is 2.22. The number of hydrogen-bond acceptors (Lipinski definition) is 7. The molecule has 0 saturated carbocycles. The Bertz CT molecular complexity index is 1290. The van der Waals surface area contributed by atoms with Crippen LogP contribution in [0.2, 0.25) is 5.02 Å². The molecule has 0 spiro atoms. The first-order valence-electron chi connectivity index (χ1n) is 11.8. The zero-order chi connectivity index (χ0) is 26.9. The molecule has 2 aromatic carbocycles. The van der Waals surface area contributed by atoms with Crippen LogP contribution in [0.4, 0.5) is 15.3 Å². The van der Waals surface area contributed by atoms with Crippen molar-refractivity contribution in [1.82, 2.24) is 20.5 Å². The molecule has 11 heteroatoms. The van der Waals surface area contributed by atoms with Gasteiger partial charge in [-0.1, -0.05) is 37.6 Å². The minimum Gasteiger partial charge on any atom is -0.469 e. The number of nitrogens with one attached hydrogen (secondary N) is 2. The van der Waals surface area contributed by atoms with Gasteiger partial charge in [0.2, 0.25) is 0 Å². The number of fused-ring (bicyclic) bond motifs is 1. The second-order valence-electron chi connectivity index (χ2n) is 8.46. The molecule has 4 amide bonds. The number of amides is 4. The summed E-state index contributed by atoms with van der Waals surface area (Å²) in [5.74, 6) is -0.376. The average Bonchev–Trinajstić information content (AvgIpc) is 3.27. The molecule has 196 valence electrons. The van der Waals surface area contributed by atoms with E-state index in [1.165, 1.54) is 7.11 Å². The Morgan fingerprint density at radius 2 is 1.89 bits per heavy atom. The number of nitrogens with zero attached hydrogens (tertiary/aromatic N) is 3. The Kier molecular flexibility index (Phi) is 9.62. The second kappa shape index (κ2) is 12.9. The lowest BCUT2D eigenvalue weighted by atomic mass is 10.2. The Hall–Kier alpha value is -3.92. The highest BCUT2D eigenvalue weighted by atomic mass is 35.5. The molecule has 1 atom stereocenters. The fourth-order valence-electron chi connectivity index (χ4n) is 3.48. The van der Waals surface area contributed by atoms with E-state index in [9.17, 15) is 14.4 Å². The minimum atomic E-state index is -0.739. The number of benzene rings is 2. The number of amidine groups is 1. The van der Waals surface area contributed by atoms with Gasteiger partial charge < -0.3 is 14.5 Å². The second-order valence-corrected chi connectivity index (χ2v) is 8.89. The monoisotopic (exact) mass is 527 g/mol. The van der Waals surface area contributed by atoms with Crippen molar-refractivity contribution in [1.29, 1.82) is 0 Å². The number of urea groups is 2. The smallest absolute Gasteiger partial charge is 0.330 e. The molecular formula is C26H30ClN5O5. The normalized spacial score (nSPS) is 12.2. The topological polar surface area (TPSA) is 126 Å². The highest BCUT2D eigenvalue weighted by molar-refractivity contribution is 6.30. The Balaban J connectivity index is 1.73. The Morgan fingerprint density at radius 3 is 2.57 bits per heavy atom. The number of rotatable bonds is 8. The van der Waals surface area contributed by atoms with Gasteiger partial charge in [-0.05, 0) is 43.2 Å². The third-order valence-corrected chi connectivity index (χ3v) is 5.62. The molecular weight excluding hydrogens is 498 g/mol. The predicted octanol–water partition coefficient (Wildman–Crippen LogP) is 5.21. The zero-order valence-corrected chi connectivity index (χ0v) is 22.0. The quantitative estimate of drug-likeness (QED) is 0.235. The number of oxazole rings is 1. The van der Waals surface area contributed by atoms with Crippen molar-refractivity contribution >= 4 is 52.3 Å². The van der Waals surface area contributed by atoms with Crippen LogP contribution in [-0.4, -0.2) is 47.4 Å². The van der Waals surface area contributed by atoms with E-state index in [0.29, 0.717) is 22.2 Å². The summed E-state index contributed by atoms with van der Waals surface area (Å²) in [5, 5.41) is 5.87. The van der Waals surface area contributed by atoms with Gasteiger partial charge in [0.25, 0.3) is 0 Å². The summed E-state index contributed by atoms with van der Waals surface area (Å²) in [6, 6.07) is 10.8. The van der Waals surface area contributed by atoms with Gasteiger partial charge in [-0.3, -0.25) is 10.1 Å². The Morgan fingerprint density at radius 1 is 1.16 bits per heavy atom. The van der Waals surface area contributed by atoms with Crippen molar-refractivity contribution in [2.45, 2.75) is 40.2 Å². The molecule has 0 bridgehead atoms. The molecule has 1 heterocycles. The number of halogens is 1. The summed E-state index contributed by atoms with van der Waals surface area (Å²) in [4.78, 5) is 47.7. The first-order valence-corrected chi connectivity index (χ1v) is 12.2. The summed E-state index contributed by atoms with van der Waals surface area (Å²) in [7, 11) is 1.25. The molecule has 0 saturated heterocycles. The van der Waals surface area contributed by atoms with E-state index in [1.54, 1.807) is 56.3 Å². The molecule has 0 aliphatic rings. The van der Waals surface area contributed by atoms with E-state index in [-0.39, 0.29) is 18.9 Å². The molecule has 0 radical (unpaired) electrons. The van der Waals surface area contributed by atoms with Crippen LogP contribution in [0.25, 0.3) is 11.1 Å². The van der Waals surface area contributed by atoms with E-state index in [2.05, 4.69) is 20.6 Å². The highest BCUT2D eigenvalue weighted by Gasteiger charge is 2.27. The van der Waals surface area contributed by atoms with Crippen LogP contribution >= 0.6 is 11.6 Å². The predicted molar refractivity (Wildman–Crippen MR) is 141 cm³/mol. The molecule has 3 rings (SSSR count). The van der Waals surface area contributed by atoms with Gasteiger partial charge in [0.05, 0.1) is 18.7 Å². The van der Waals surface area contributed by atoms with Gasteiger partial charge in [0, 0.05) is 30.6 Å².